The topological polar surface area (TPSA) is 102 Å². The summed E-state index contributed by atoms with van der Waals surface area (Å²) in [4.78, 5) is 12.6. The standard InChI is InChI=1S/C25H25F2N3O5S/c1-16-24(23(35-29-16)10-4-17-3-5-19(26)15-22(17)27)36(32,33)30-13-11-18(12-14-30)25(31)28-20-6-8-21(34-2)9-7-20/h3-10,15,18H,11-14H2,1-2H3,(H,28,31). The van der Waals surface area contributed by atoms with E-state index in [0.717, 1.165) is 12.1 Å². The molecule has 1 aromatic heterocycles. The Bertz CT molecular complexity index is 1380. The van der Waals surface area contributed by atoms with Crippen molar-refractivity contribution >= 4 is 33.8 Å². The number of nitrogens with zero attached hydrogens (tertiary/aromatic N) is 2. The SMILES string of the molecule is COc1ccc(NC(=O)C2CCN(S(=O)(=O)c3c(C)noc3C=Cc3ccc(F)cc3F)CC2)cc1. The van der Waals surface area contributed by atoms with Gasteiger partial charge in [0.15, 0.2) is 10.7 Å². The zero-order valence-electron chi connectivity index (χ0n) is 19.7. The number of rotatable bonds is 7. The number of carbonyl (C=O) groups is 1. The predicted octanol–water partition coefficient (Wildman–Crippen LogP) is 4.48. The molecule has 1 N–H and O–H groups in total. The first kappa shape index (κ1) is 25.5. The molecule has 2 heterocycles. The number of carbonyl (C=O) groups excluding carboxylic acids is 1. The Kier molecular flexibility index (Phi) is 7.51. The molecule has 0 unspecified atom stereocenters. The molecule has 2 aromatic carbocycles. The fourth-order valence-electron chi connectivity index (χ4n) is 4.01. The minimum Gasteiger partial charge on any atom is -0.497 e. The molecule has 0 saturated carbocycles. The second-order valence-corrected chi connectivity index (χ2v) is 10.2. The van der Waals surface area contributed by atoms with Gasteiger partial charge in [0.1, 0.15) is 23.1 Å². The van der Waals surface area contributed by atoms with Crippen LogP contribution in [0.1, 0.15) is 29.9 Å². The van der Waals surface area contributed by atoms with Crippen LogP contribution in [0.4, 0.5) is 14.5 Å². The average molecular weight is 518 g/mol. The first-order chi connectivity index (χ1) is 17.2. The van der Waals surface area contributed by atoms with Crippen molar-refractivity contribution in [3.05, 3.63) is 71.1 Å². The van der Waals surface area contributed by atoms with Crippen molar-refractivity contribution in [2.24, 2.45) is 5.92 Å². The van der Waals surface area contributed by atoms with Crippen molar-refractivity contribution in [3.63, 3.8) is 0 Å². The van der Waals surface area contributed by atoms with Crippen molar-refractivity contribution < 1.29 is 31.3 Å². The largest absolute Gasteiger partial charge is 0.497 e. The number of anilines is 1. The van der Waals surface area contributed by atoms with Gasteiger partial charge < -0.3 is 14.6 Å². The number of piperidine rings is 1. The van der Waals surface area contributed by atoms with Crippen LogP contribution >= 0.6 is 0 Å². The van der Waals surface area contributed by atoms with Gasteiger partial charge in [-0.15, -0.1) is 0 Å². The summed E-state index contributed by atoms with van der Waals surface area (Å²) >= 11 is 0. The fourth-order valence-corrected chi connectivity index (χ4v) is 5.73. The highest BCUT2D eigenvalue weighted by molar-refractivity contribution is 7.89. The summed E-state index contributed by atoms with van der Waals surface area (Å²) in [5.74, 6) is -1.42. The van der Waals surface area contributed by atoms with E-state index < -0.39 is 21.7 Å². The monoisotopic (exact) mass is 517 g/mol. The lowest BCUT2D eigenvalue weighted by molar-refractivity contribution is -0.120. The van der Waals surface area contributed by atoms with Crippen molar-refractivity contribution in [1.82, 2.24) is 9.46 Å². The zero-order chi connectivity index (χ0) is 25.9. The van der Waals surface area contributed by atoms with Crippen LogP contribution in [-0.4, -0.2) is 44.0 Å². The van der Waals surface area contributed by atoms with Gasteiger partial charge in [-0.3, -0.25) is 4.79 Å². The first-order valence-electron chi connectivity index (χ1n) is 11.2. The number of ether oxygens (including phenoxy) is 1. The van der Waals surface area contributed by atoms with Crippen molar-refractivity contribution in [1.29, 1.82) is 0 Å². The van der Waals surface area contributed by atoms with Crippen LogP contribution in [0.25, 0.3) is 12.2 Å². The maximum atomic E-state index is 14.0. The fraction of sp³-hybridized carbons (Fsp3) is 0.280. The maximum Gasteiger partial charge on any atom is 0.248 e. The Morgan fingerprint density at radius 3 is 2.47 bits per heavy atom. The smallest absolute Gasteiger partial charge is 0.248 e. The van der Waals surface area contributed by atoms with Gasteiger partial charge in [-0.2, -0.15) is 4.31 Å². The second-order valence-electron chi connectivity index (χ2n) is 8.36. The summed E-state index contributed by atoms with van der Waals surface area (Å²) < 4.78 is 65.5. The number of methoxy groups -OCH3 is 1. The van der Waals surface area contributed by atoms with Crippen LogP contribution in [0.15, 0.2) is 51.9 Å². The van der Waals surface area contributed by atoms with Gasteiger partial charge in [-0.25, -0.2) is 17.2 Å². The third kappa shape index (κ3) is 5.47. The number of hydrogen-bond donors (Lipinski definition) is 1. The Morgan fingerprint density at radius 2 is 1.83 bits per heavy atom. The summed E-state index contributed by atoms with van der Waals surface area (Å²) in [6.07, 6.45) is 3.27. The molecule has 1 saturated heterocycles. The van der Waals surface area contributed by atoms with Crippen LogP contribution < -0.4 is 10.1 Å². The molecule has 1 fully saturated rings. The third-order valence-electron chi connectivity index (χ3n) is 5.99. The average Bonchev–Trinajstić information content (AvgIpc) is 3.25. The lowest BCUT2D eigenvalue weighted by Gasteiger charge is -2.30. The van der Waals surface area contributed by atoms with E-state index in [9.17, 15) is 22.0 Å². The second kappa shape index (κ2) is 10.6. The van der Waals surface area contributed by atoms with Crippen LogP contribution in [0.2, 0.25) is 0 Å². The normalized spacial score (nSPS) is 15.3. The van der Waals surface area contributed by atoms with Gasteiger partial charge >= 0.3 is 0 Å². The lowest BCUT2D eigenvalue weighted by Crippen LogP contribution is -2.41. The maximum absolute atomic E-state index is 14.0. The Hall–Kier alpha value is -3.57. The highest BCUT2D eigenvalue weighted by Gasteiger charge is 2.36. The van der Waals surface area contributed by atoms with E-state index >= 15 is 0 Å². The number of aromatic nitrogens is 1. The number of nitrogens with one attached hydrogen (secondary N) is 1. The minimum absolute atomic E-state index is 0.0596. The van der Waals surface area contributed by atoms with Crippen LogP contribution in [0, 0.1) is 24.5 Å². The van der Waals surface area contributed by atoms with Crippen LogP contribution in [0.3, 0.4) is 0 Å². The third-order valence-corrected chi connectivity index (χ3v) is 8.05. The quantitative estimate of drug-likeness (QED) is 0.496. The molecule has 1 amide bonds. The molecule has 0 atom stereocenters. The van der Waals surface area contributed by atoms with E-state index in [4.69, 9.17) is 9.26 Å². The molecule has 0 bridgehead atoms. The van der Waals surface area contributed by atoms with E-state index in [1.54, 1.807) is 31.4 Å². The van der Waals surface area contributed by atoms with E-state index in [2.05, 4.69) is 10.5 Å². The minimum atomic E-state index is -3.99. The van der Waals surface area contributed by atoms with Gasteiger partial charge in [-0.1, -0.05) is 5.16 Å². The summed E-state index contributed by atoms with van der Waals surface area (Å²) in [5.41, 5.74) is 0.857. The molecule has 0 aliphatic carbocycles. The van der Waals surface area contributed by atoms with E-state index in [0.29, 0.717) is 24.3 Å². The molecule has 1 aliphatic rings. The number of amides is 1. The molecule has 3 aromatic rings. The summed E-state index contributed by atoms with van der Waals surface area (Å²) in [5, 5.41) is 6.62. The van der Waals surface area contributed by atoms with E-state index in [-0.39, 0.29) is 46.8 Å². The molecule has 190 valence electrons. The van der Waals surface area contributed by atoms with Gasteiger partial charge in [0.2, 0.25) is 15.9 Å². The molecule has 1 aliphatic heterocycles. The van der Waals surface area contributed by atoms with Gasteiger partial charge in [-0.05, 0) is 68.3 Å². The van der Waals surface area contributed by atoms with Gasteiger partial charge in [0.05, 0.1) is 7.11 Å². The van der Waals surface area contributed by atoms with Crippen molar-refractivity contribution in [3.8, 4) is 5.75 Å². The molecular formula is C25H25F2N3O5S. The molecule has 11 heteroatoms. The Morgan fingerprint density at radius 1 is 1.14 bits per heavy atom. The van der Waals surface area contributed by atoms with Gasteiger partial charge in [0.25, 0.3) is 0 Å². The first-order valence-corrected chi connectivity index (χ1v) is 12.7. The summed E-state index contributed by atoms with van der Waals surface area (Å²) in [7, 11) is -2.43. The van der Waals surface area contributed by atoms with Crippen molar-refractivity contribution in [2.75, 3.05) is 25.5 Å². The lowest BCUT2D eigenvalue weighted by atomic mass is 9.97. The highest BCUT2D eigenvalue weighted by Crippen LogP contribution is 2.30. The van der Waals surface area contributed by atoms with E-state index in [1.165, 1.54) is 29.4 Å². The van der Waals surface area contributed by atoms with E-state index in [1.807, 2.05) is 0 Å². The molecule has 36 heavy (non-hydrogen) atoms. The number of halogens is 2. The molecule has 8 nitrogen and oxygen atoms in total. The van der Waals surface area contributed by atoms with Crippen LogP contribution in [0.5, 0.6) is 5.75 Å². The molecule has 0 spiro atoms. The predicted molar refractivity (Wildman–Crippen MR) is 130 cm³/mol. The van der Waals surface area contributed by atoms with Crippen molar-refractivity contribution in [2.45, 2.75) is 24.7 Å². The molecule has 4 rings (SSSR count). The number of sulfonamides is 1. The summed E-state index contributed by atoms with van der Waals surface area (Å²) in [6, 6.07) is 10.0. The summed E-state index contributed by atoms with van der Waals surface area (Å²) in [6.45, 7) is 1.79. The molecular weight excluding hydrogens is 492 g/mol. The number of benzene rings is 2. The number of hydrogen-bond acceptors (Lipinski definition) is 6. The Labute approximate surface area is 207 Å². The zero-order valence-corrected chi connectivity index (χ0v) is 20.5. The molecule has 0 radical (unpaired) electrons. The van der Waals surface area contributed by atoms with Gasteiger partial charge in [0, 0.05) is 36.3 Å². The number of aryl methyl sites for hydroxylation is 1. The highest BCUT2D eigenvalue weighted by atomic mass is 32.2. The Balaban J connectivity index is 1.44. The van der Waals surface area contributed by atoms with Crippen LogP contribution in [-0.2, 0) is 14.8 Å².